The van der Waals surface area contributed by atoms with Gasteiger partial charge in [-0.15, -0.1) is 0 Å². The van der Waals surface area contributed by atoms with Crippen LogP contribution in [0.25, 0.3) is 11.1 Å². The fourth-order valence-electron chi connectivity index (χ4n) is 4.50. The molecule has 0 N–H and O–H groups in total. The highest BCUT2D eigenvalue weighted by atomic mass is 19.1. The fourth-order valence-corrected chi connectivity index (χ4v) is 4.50. The van der Waals surface area contributed by atoms with Gasteiger partial charge in [0.05, 0.1) is 24.3 Å². The zero-order valence-electron chi connectivity index (χ0n) is 15.8. The molecular formula is C24H18FNO3. The van der Waals surface area contributed by atoms with E-state index in [1.807, 2.05) is 24.3 Å². The average molecular weight is 387 g/mol. The van der Waals surface area contributed by atoms with Gasteiger partial charge in [0.25, 0.3) is 11.8 Å². The maximum atomic E-state index is 14.2. The molecule has 3 aromatic carbocycles. The molecule has 29 heavy (non-hydrogen) atoms. The summed E-state index contributed by atoms with van der Waals surface area (Å²) in [4.78, 5) is 27.2. The predicted molar refractivity (Wildman–Crippen MR) is 106 cm³/mol. The van der Waals surface area contributed by atoms with Gasteiger partial charge in [-0.25, -0.2) is 4.39 Å². The average Bonchev–Trinajstić information content (AvgIpc) is 3.27. The molecule has 5 rings (SSSR count). The number of hydrogen-bond donors (Lipinski definition) is 0. The monoisotopic (exact) mass is 387 g/mol. The van der Waals surface area contributed by atoms with Crippen LogP contribution >= 0.6 is 0 Å². The first kappa shape index (κ1) is 17.6. The number of imide groups is 1. The Labute approximate surface area is 167 Å². The summed E-state index contributed by atoms with van der Waals surface area (Å²) in [7, 11) is 1.44. The third-order valence-corrected chi connectivity index (χ3v) is 5.84. The number of methoxy groups -OCH3 is 1. The number of halogens is 1. The third-order valence-electron chi connectivity index (χ3n) is 5.84. The minimum absolute atomic E-state index is 0.199. The summed E-state index contributed by atoms with van der Waals surface area (Å²) in [5.74, 6) is -0.712. The molecule has 0 spiro atoms. The number of hydrogen-bond acceptors (Lipinski definition) is 3. The van der Waals surface area contributed by atoms with Gasteiger partial charge in [-0.3, -0.25) is 14.5 Å². The summed E-state index contributed by atoms with van der Waals surface area (Å²) in [6.07, 6.45) is 1.38. The SMILES string of the molecule is COc1ccc(-c2cccc3c2CC[C@H]3N2C(=O)c3ccccc3C2=O)cc1F. The van der Waals surface area contributed by atoms with Crippen molar-refractivity contribution >= 4 is 11.8 Å². The molecule has 1 heterocycles. The number of ether oxygens (including phenoxy) is 1. The van der Waals surface area contributed by atoms with Crippen LogP contribution < -0.4 is 4.74 Å². The van der Waals surface area contributed by atoms with Crippen molar-refractivity contribution in [1.29, 1.82) is 0 Å². The van der Waals surface area contributed by atoms with Crippen LogP contribution in [-0.2, 0) is 6.42 Å². The van der Waals surface area contributed by atoms with Crippen LogP contribution in [0.15, 0.2) is 60.7 Å². The van der Waals surface area contributed by atoms with Crippen LogP contribution in [0.5, 0.6) is 5.75 Å². The highest BCUT2D eigenvalue weighted by Crippen LogP contribution is 2.43. The number of carbonyl (C=O) groups excluding carboxylic acids is 2. The van der Waals surface area contributed by atoms with Crippen molar-refractivity contribution in [3.05, 3.63) is 88.7 Å². The molecule has 4 nitrogen and oxygen atoms in total. The first-order valence-electron chi connectivity index (χ1n) is 9.52. The minimum Gasteiger partial charge on any atom is -0.494 e. The Morgan fingerprint density at radius 3 is 2.28 bits per heavy atom. The van der Waals surface area contributed by atoms with Crippen molar-refractivity contribution in [2.24, 2.45) is 0 Å². The van der Waals surface area contributed by atoms with E-state index in [-0.39, 0.29) is 23.6 Å². The number of amides is 2. The molecule has 0 bridgehead atoms. The van der Waals surface area contributed by atoms with Crippen LogP contribution in [0.4, 0.5) is 4.39 Å². The summed E-state index contributed by atoms with van der Waals surface area (Å²) in [6.45, 7) is 0. The van der Waals surface area contributed by atoms with E-state index >= 15 is 0 Å². The lowest BCUT2D eigenvalue weighted by molar-refractivity contribution is 0.0582. The summed E-state index contributed by atoms with van der Waals surface area (Å²) in [5, 5.41) is 0. The number of carbonyl (C=O) groups is 2. The quantitative estimate of drug-likeness (QED) is 0.608. The number of nitrogens with zero attached hydrogens (tertiary/aromatic N) is 1. The largest absolute Gasteiger partial charge is 0.494 e. The van der Waals surface area contributed by atoms with E-state index in [1.54, 1.807) is 30.3 Å². The summed E-state index contributed by atoms with van der Waals surface area (Å²) in [6, 6.07) is 17.3. The molecule has 2 aliphatic rings. The summed E-state index contributed by atoms with van der Waals surface area (Å²) < 4.78 is 19.3. The Bertz CT molecular complexity index is 1140. The Kier molecular flexibility index (Phi) is 3.98. The molecule has 1 atom stereocenters. The Morgan fingerprint density at radius 1 is 0.931 bits per heavy atom. The van der Waals surface area contributed by atoms with Gasteiger partial charge in [0.1, 0.15) is 0 Å². The van der Waals surface area contributed by atoms with E-state index < -0.39 is 5.82 Å². The second-order valence-corrected chi connectivity index (χ2v) is 7.30. The smallest absolute Gasteiger partial charge is 0.262 e. The summed E-state index contributed by atoms with van der Waals surface area (Å²) >= 11 is 0. The summed E-state index contributed by atoms with van der Waals surface area (Å²) in [5.41, 5.74) is 4.59. The van der Waals surface area contributed by atoms with Crippen molar-refractivity contribution in [3.63, 3.8) is 0 Å². The van der Waals surface area contributed by atoms with E-state index in [0.717, 1.165) is 28.7 Å². The molecule has 2 amide bonds. The molecule has 144 valence electrons. The molecule has 0 aromatic heterocycles. The van der Waals surface area contributed by atoms with E-state index in [1.165, 1.54) is 18.1 Å². The van der Waals surface area contributed by atoms with Crippen LogP contribution in [0.2, 0.25) is 0 Å². The van der Waals surface area contributed by atoms with Crippen molar-refractivity contribution in [2.45, 2.75) is 18.9 Å². The van der Waals surface area contributed by atoms with Gasteiger partial charge in [-0.05, 0) is 59.4 Å². The van der Waals surface area contributed by atoms with Gasteiger partial charge in [0.2, 0.25) is 0 Å². The predicted octanol–water partition coefficient (Wildman–Crippen LogP) is 4.78. The van der Waals surface area contributed by atoms with Crippen molar-refractivity contribution < 1.29 is 18.7 Å². The number of fused-ring (bicyclic) bond motifs is 2. The normalized spacial score (nSPS) is 17.4. The van der Waals surface area contributed by atoms with Gasteiger partial charge in [0.15, 0.2) is 11.6 Å². The number of benzene rings is 3. The van der Waals surface area contributed by atoms with Gasteiger partial charge >= 0.3 is 0 Å². The van der Waals surface area contributed by atoms with Gasteiger partial charge in [-0.2, -0.15) is 0 Å². The molecule has 1 aliphatic heterocycles. The first-order chi connectivity index (χ1) is 14.1. The first-order valence-corrected chi connectivity index (χ1v) is 9.52. The Balaban J connectivity index is 1.56. The Morgan fingerprint density at radius 2 is 1.62 bits per heavy atom. The van der Waals surface area contributed by atoms with Crippen molar-refractivity contribution in [3.8, 4) is 16.9 Å². The van der Waals surface area contributed by atoms with Crippen molar-refractivity contribution in [1.82, 2.24) is 4.90 Å². The van der Waals surface area contributed by atoms with Crippen LogP contribution in [0.3, 0.4) is 0 Å². The molecule has 5 heteroatoms. The third kappa shape index (κ3) is 2.58. The van der Waals surface area contributed by atoms with Crippen molar-refractivity contribution in [2.75, 3.05) is 7.11 Å². The molecule has 0 saturated carbocycles. The lowest BCUT2D eigenvalue weighted by atomic mass is 9.96. The van der Waals surface area contributed by atoms with E-state index in [0.29, 0.717) is 17.5 Å². The second-order valence-electron chi connectivity index (χ2n) is 7.30. The molecule has 0 fully saturated rings. The fraction of sp³-hybridized carbons (Fsp3) is 0.167. The molecular weight excluding hydrogens is 369 g/mol. The lowest BCUT2D eigenvalue weighted by Gasteiger charge is -2.23. The van der Waals surface area contributed by atoms with Crippen LogP contribution in [0.1, 0.15) is 44.3 Å². The van der Waals surface area contributed by atoms with E-state index in [9.17, 15) is 14.0 Å². The highest BCUT2D eigenvalue weighted by Gasteiger charge is 2.42. The minimum atomic E-state index is -0.419. The maximum Gasteiger partial charge on any atom is 0.262 e. The molecule has 0 saturated heterocycles. The molecule has 0 unspecified atom stereocenters. The van der Waals surface area contributed by atoms with Crippen LogP contribution in [-0.4, -0.2) is 23.8 Å². The molecule has 0 radical (unpaired) electrons. The van der Waals surface area contributed by atoms with Gasteiger partial charge < -0.3 is 4.74 Å². The van der Waals surface area contributed by atoms with E-state index in [4.69, 9.17) is 4.74 Å². The van der Waals surface area contributed by atoms with Gasteiger partial charge in [0, 0.05) is 0 Å². The zero-order chi connectivity index (χ0) is 20.1. The highest BCUT2D eigenvalue weighted by molar-refractivity contribution is 6.21. The van der Waals surface area contributed by atoms with Gasteiger partial charge in [-0.1, -0.05) is 36.4 Å². The lowest BCUT2D eigenvalue weighted by Crippen LogP contribution is -2.33. The Hall–Kier alpha value is -3.47. The standard InChI is InChI=1S/C24H18FNO3/c1-29-22-12-9-14(13-20(22)25)15-7-4-8-17-16(15)10-11-21(17)26-23(27)18-5-2-3-6-19(18)24(26)28/h2-9,12-13,21H,10-11H2,1H3/t21-/m1/s1. The zero-order valence-corrected chi connectivity index (χ0v) is 15.8. The second kappa shape index (κ2) is 6.55. The topological polar surface area (TPSA) is 46.6 Å². The maximum absolute atomic E-state index is 14.2. The van der Waals surface area contributed by atoms with Crippen LogP contribution in [0, 0.1) is 5.82 Å². The van der Waals surface area contributed by atoms with E-state index in [2.05, 4.69) is 0 Å². The molecule has 1 aliphatic carbocycles. The number of rotatable bonds is 3. The molecule has 3 aromatic rings.